The fourth-order valence-electron chi connectivity index (χ4n) is 2.60. The van der Waals surface area contributed by atoms with Crippen molar-refractivity contribution in [2.75, 3.05) is 5.32 Å². The highest BCUT2D eigenvalue weighted by Gasteiger charge is 2.13. The molecule has 0 spiro atoms. The van der Waals surface area contributed by atoms with Gasteiger partial charge in [0.05, 0.1) is 12.2 Å². The van der Waals surface area contributed by atoms with Crippen molar-refractivity contribution in [1.82, 2.24) is 20.4 Å². The van der Waals surface area contributed by atoms with Gasteiger partial charge in [0.25, 0.3) is 0 Å². The minimum Gasteiger partial charge on any atom is -0.420 e. The maximum atomic E-state index is 12.2. The number of hydrogen-bond donors (Lipinski definition) is 1. The molecule has 0 bridgehead atoms. The molecule has 7 nitrogen and oxygen atoms in total. The van der Waals surface area contributed by atoms with Crippen molar-refractivity contribution in [3.05, 3.63) is 71.6 Å². The number of anilines is 1. The number of rotatable bonds is 7. The Morgan fingerprint density at radius 3 is 2.66 bits per heavy atom. The maximum absolute atomic E-state index is 12.2. The SMILES string of the molecule is Cc1ccccc1CC(=O)Nc1nnc(SCc2nnc(-c3ccccc3)o2)s1. The summed E-state index contributed by atoms with van der Waals surface area (Å²) in [5, 5.41) is 19.5. The minimum atomic E-state index is -0.114. The Morgan fingerprint density at radius 2 is 1.83 bits per heavy atom. The lowest BCUT2D eigenvalue weighted by Crippen LogP contribution is -2.14. The van der Waals surface area contributed by atoms with Crippen molar-refractivity contribution < 1.29 is 9.21 Å². The standard InChI is InChI=1S/C20H17N5O2S2/c1-13-7-5-6-10-15(13)11-16(26)21-19-24-25-20(29-19)28-12-17-22-23-18(27-17)14-8-3-2-4-9-14/h2-10H,11-12H2,1H3,(H,21,24,26). The van der Waals surface area contributed by atoms with E-state index in [1.54, 1.807) is 0 Å². The van der Waals surface area contributed by atoms with Crippen LogP contribution in [-0.2, 0) is 17.0 Å². The van der Waals surface area contributed by atoms with Gasteiger partial charge in [0.2, 0.25) is 22.8 Å². The second-order valence-corrected chi connectivity index (χ2v) is 8.38. The highest BCUT2D eigenvalue weighted by Crippen LogP contribution is 2.29. The second-order valence-electron chi connectivity index (χ2n) is 6.18. The predicted octanol–water partition coefficient (Wildman–Crippen LogP) is 4.37. The molecule has 0 unspecified atom stereocenters. The molecule has 4 rings (SSSR count). The van der Waals surface area contributed by atoms with Crippen molar-refractivity contribution in [3.63, 3.8) is 0 Å². The average molecular weight is 424 g/mol. The summed E-state index contributed by atoms with van der Waals surface area (Å²) in [6, 6.07) is 17.4. The van der Waals surface area contributed by atoms with E-state index < -0.39 is 0 Å². The highest BCUT2D eigenvalue weighted by atomic mass is 32.2. The number of thioether (sulfide) groups is 1. The van der Waals surface area contributed by atoms with E-state index in [2.05, 4.69) is 25.7 Å². The largest absolute Gasteiger partial charge is 0.420 e. The monoisotopic (exact) mass is 423 g/mol. The molecule has 2 aromatic heterocycles. The molecule has 2 heterocycles. The Kier molecular flexibility index (Phi) is 5.97. The number of aryl methyl sites for hydroxylation is 1. The van der Waals surface area contributed by atoms with E-state index in [1.807, 2.05) is 61.5 Å². The van der Waals surface area contributed by atoms with E-state index in [1.165, 1.54) is 23.1 Å². The van der Waals surface area contributed by atoms with E-state index in [0.717, 1.165) is 21.0 Å². The smallest absolute Gasteiger partial charge is 0.247 e. The number of aromatic nitrogens is 4. The van der Waals surface area contributed by atoms with Crippen LogP contribution in [-0.4, -0.2) is 26.3 Å². The first kappa shape index (κ1) is 19.3. The fourth-order valence-corrected chi connectivity index (χ4v) is 4.20. The molecule has 0 atom stereocenters. The lowest BCUT2D eigenvalue weighted by atomic mass is 10.1. The number of nitrogens with zero attached hydrogens (tertiary/aromatic N) is 4. The summed E-state index contributed by atoms with van der Waals surface area (Å²) in [7, 11) is 0. The number of nitrogens with one attached hydrogen (secondary N) is 1. The van der Waals surface area contributed by atoms with Crippen molar-refractivity contribution in [1.29, 1.82) is 0 Å². The van der Waals surface area contributed by atoms with E-state index in [9.17, 15) is 4.79 Å². The van der Waals surface area contributed by atoms with Gasteiger partial charge in [-0.3, -0.25) is 4.79 Å². The zero-order valence-corrected chi connectivity index (χ0v) is 17.2. The molecule has 2 aromatic carbocycles. The molecule has 4 aromatic rings. The maximum Gasteiger partial charge on any atom is 0.247 e. The van der Waals surface area contributed by atoms with Gasteiger partial charge in [0.1, 0.15) is 0 Å². The van der Waals surface area contributed by atoms with Gasteiger partial charge in [-0.2, -0.15) is 0 Å². The summed E-state index contributed by atoms with van der Waals surface area (Å²) in [4.78, 5) is 12.2. The molecule has 1 N–H and O–H groups in total. The molecular formula is C20H17N5O2S2. The van der Waals surface area contributed by atoms with Crippen molar-refractivity contribution >= 4 is 34.1 Å². The summed E-state index contributed by atoms with van der Waals surface area (Å²) in [6.45, 7) is 1.99. The van der Waals surface area contributed by atoms with Crippen LogP contribution in [0.2, 0.25) is 0 Å². The summed E-state index contributed by atoms with van der Waals surface area (Å²) >= 11 is 2.75. The van der Waals surface area contributed by atoms with Crippen LogP contribution >= 0.6 is 23.1 Å². The summed E-state index contributed by atoms with van der Waals surface area (Å²) in [5.74, 6) is 1.36. The lowest BCUT2D eigenvalue weighted by molar-refractivity contribution is -0.115. The first-order chi connectivity index (χ1) is 14.2. The van der Waals surface area contributed by atoms with Crippen molar-refractivity contribution in [2.45, 2.75) is 23.4 Å². The topological polar surface area (TPSA) is 93.8 Å². The predicted molar refractivity (Wildman–Crippen MR) is 113 cm³/mol. The van der Waals surface area contributed by atoms with Crippen LogP contribution in [0, 0.1) is 6.92 Å². The fraction of sp³-hybridized carbons (Fsp3) is 0.150. The van der Waals surface area contributed by atoms with E-state index >= 15 is 0 Å². The summed E-state index contributed by atoms with van der Waals surface area (Å²) in [6.07, 6.45) is 0.305. The summed E-state index contributed by atoms with van der Waals surface area (Å²) in [5.41, 5.74) is 2.96. The quantitative estimate of drug-likeness (QED) is 0.348. The van der Waals surface area contributed by atoms with Gasteiger partial charge in [-0.15, -0.1) is 20.4 Å². The van der Waals surface area contributed by atoms with E-state index in [-0.39, 0.29) is 5.91 Å². The van der Waals surface area contributed by atoms with Gasteiger partial charge in [0.15, 0.2) is 4.34 Å². The number of hydrogen-bond acceptors (Lipinski definition) is 8. The molecule has 9 heteroatoms. The second kappa shape index (κ2) is 8.97. The molecule has 0 aliphatic carbocycles. The molecule has 0 aliphatic heterocycles. The Bertz CT molecular complexity index is 1110. The average Bonchev–Trinajstić information content (AvgIpc) is 3.38. The number of carbonyl (C=O) groups excluding carboxylic acids is 1. The first-order valence-electron chi connectivity index (χ1n) is 8.86. The molecule has 0 fully saturated rings. The molecule has 1 amide bonds. The number of benzene rings is 2. The number of carbonyl (C=O) groups is 1. The van der Waals surface area contributed by atoms with Gasteiger partial charge in [-0.05, 0) is 30.2 Å². The van der Waals surface area contributed by atoms with Gasteiger partial charge >= 0.3 is 0 Å². The van der Waals surface area contributed by atoms with Gasteiger partial charge < -0.3 is 9.73 Å². The van der Waals surface area contributed by atoms with Crippen molar-refractivity contribution in [2.24, 2.45) is 0 Å². The zero-order chi connectivity index (χ0) is 20.1. The van der Waals surface area contributed by atoms with Crippen LogP contribution in [0.25, 0.3) is 11.5 Å². The minimum absolute atomic E-state index is 0.114. The van der Waals surface area contributed by atoms with Crippen LogP contribution in [0.1, 0.15) is 17.0 Å². The van der Waals surface area contributed by atoms with E-state index in [0.29, 0.717) is 29.1 Å². The lowest BCUT2D eigenvalue weighted by Gasteiger charge is -2.04. The normalized spacial score (nSPS) is 10.8. The Labute approximate surface area is 175 Å². The molecule has 0 aliphatic rings. The van der Waals surface area contributed by atoms with Crippen LogP contribution in [0.4, 0.5) is 5.13 Å². The molecule has 29 heavy (non-hydrogen) atoms. The number of amides is 1. The van der Waals surface area contributed by atoms with E-state index in [4.69, 9.17) is 4.42 Å². The van der Waals surface area contributed by atoms with Gasteiger partial charge in [0, 0.05) is 5.56 Å². The molecular weight excluding hydrogens is 406 g/mol. The highest BCUT2D eigenvalue weighted by molar-refractivity contribution is 8.00. The Balaban J connectivity index is 1.31. The zero-order valence-electron chi connectivity index (χ0n) is 15.5. The third-order valence-electron chi connectivity index (χ3n) is 4.07. The molecule has 0 saturated heterocycles. The molecule has 146 valence electrons. The van der Waals surface area contributed by atoms with Crippen molar-refractivity contribution in [3.8, 4) is 11.5 Å². The Hall–Kier alpha value is -3.04. The van der Waals surface area contributed by atoms with Crippen LogP contribution in [0.5, 0.6) is 0 Å². The van der Waals surface area contributed by atoms with Gasteiger partial charge in [-0.1, -0.05) is 65.6 Å². The van der Waals surface area contributed by atoms with Crippen LogP contribution < -0.4 is 5.32 Å². The van der Waals surface area contributed by atoms with Gasteiger partial charge in [-0.25, -0.2) is 0 Å². The summed E-state index contributed by atoms with van der Waals surface area (Å²) < 4.78 is 6.40. The Morgan fingerprint density at radius 1 is 1.03 bits per heavy atom. The first-order valence-corrected chi connectivity index (χ1v) is 10.7. The van der Waals surface area contributed by atoms with Crippen LogP contribution in [0.3, 0.4) is 0 Å². The molecule has 0 saturated carbocycles. The van der Waals surface area contributed by atoms with Crippen LogP contribution in [0.15, 0.2) is 63.4 Å². The molecule has 0 radical (unpaired) electrons. The third kappa shape index (κ3) is 5.07. The third-order valence-corrected chi connectivity index (χ3v) is 6.03.